The zero-order chi connectivity index (χ0) is 11.4. The highest BCUT2D eigenvalue weighted by atomic mass is 32.2. The van der Waals surface area contributed by atoms with E-state index in [1.54, 1.807) is 18.0 Å². The molecule has 1 saturated carbocycles. The summed E-state index contributed by atoms with van der Waals surface area (Å²) < 4.78 is 0. The highest BCUT2D eigenvalue weighted by molar-refractivity contribution is 7.98. The van der Waals surface area contributed by atoms with Gasteiger partial charge in [0.1, 0.15) is 5.82 Å². The van der Waals surface area contributed by atoms with Crippen LogP contribution in [-0.2, 0) is 0 Å². The summed E-state index contributed by atoms with van der Waals surface area (Å²) in [6, 6.07) is 2.84. The van der Waals surface area contributed by atoms with Crippen LogP contribution in [0.25, 0.3) is 0 Å². The van der Waals surface area contributed by atoms with Gasteiger partial charge >= 0.3 is 0 Å². The third kappa shape index (κ3) is 3.09. The second kappa shape index (κ2) is 5.50. The largest absolute Gasteiger partial charge is 0.367 e. The van der Waals surface area contributed by atoms with Crippen LogP contribution in [0.2, 0.25) is 0 Å². The van der Waals surface area contributed by atoms with Gasteiger partial charge in [-0.25, -0.2) is 9.97 Å². The van der Waals surface area contributed by atoms with Crippen molar-refractivity contribution in [2.24, 2.45) is 5.73 Å². The Kier molecular flexibility index (Phi) is 4.01. The van der Waals surface area contributed by atoms with Gasteiger partial charge in [0.2, 0.25) is 0 Å². The van der Waals surface area contributed by atoms with E-state index in [1.165, 1.54) is 0 Å². The monoisotopic (exact) mass is 238 g/mol. The van der Waals surface area contributed by atoms with Crippen molar-refractivity contribution in [2.45, 2.75) is 42.9 Å². The Morgan fingerprint density at radius 1 is 1.38 bits per heavy atom. The van der Waals surface area contributed by atoms with E-state index in [4.69, 9.17) is 5.73 Å². The smallest absolute Gasteiger partial charge is 0.189 e. The Bertz CT molecular complexity index is 337. The van der Waals surface area contributed by atoms with Gasteiger partial charge in [-0.05, 0) is 38.0 Å². The molecule has 0 amide bonds. The molecule has 1 aliphatic carbocycles. The summed E-state index contributed by atoms with van der Waals surface area (Å²) in [5.74, 6) is 0.930. The zero-order valence-corrected chi connectivity index (χ0v) is 10.3. The summed E-state index contributed by atoms with van der Waals surface area (Å²) in [6.45, 7) is 0. The van der Waals surface area contributed by atoms with Crippen LogP contribution < -0.4 is 11.1 Å². The van der Waals surface area contributed by atoms with Gasteiger partial charge < -0.3 is 11.1 Å². The minimum Gasteiger partial charge on any atom is -0.367 e. The molecule has 0 unspecified atom stereocenters. The minimum atomic E-state index is 0.394. The molecule has 1 heterocycles. The number of aromatic nitrogens is 2. The first-order chi connectivity index (χ1) is 7.78. The van der Waals surface area contributed by atoms with Gasteiger partial charge in [0.05, 0.1) is 0 Å². The number of anilines is 1. The average molecular weight is 238 g/mol. The lowest BCUT2D eigenvalue weighted by atomic mass is 9.92. The van der Waals surface area contributed by atoms with E-state index in [1.807, 2.05) is 12.3 Å². The SMILES string of the molecule is CSc1nccc(NC2CCC(N)CC2)n1. The van der Waals surface area contributed by atoms with Crippen LogP contribution in [0, 0.1) is 0 Å². The molecule has 0 atom stereocenters. The highest BCUT2D eigenvalue weighted by Crippen LogP contribution is 2.20. The number of thioether (sulfide) groups is 1. The average Bonchev–Trinajstić information content (AvgIpc) is 2.32. The second-order valence-corrected chi connectivity index (χ2v) is 4.96. The molecule has 0 radical (unpaired) electrons. The number of rotatable bonds is 3. The van der Waals surface area contributed by atoms with Crippen molar-refractivity contribution in [2.75, 3.05) is 11.6 Å². The molecule has 0 saturated heterocycles. The van der Waals surface area contributed by atoms with Crippen LogP contribution in [0.3, 0.4) is 0 Å². The molecule has 1 aromatic heterocycles. The van der Waals surface area contributed by atoms with Gasteiger partial charge in [-0.15, -0.1) is 0 Å². The van der Waals surface area contributed by atoms with E-state index >= 15 is 0 Å². The molecule has 5 heteroatoms. The van der Waals surface area contributed by atoms with Crippen molar-refractivity contribution in [3.63, 3.8) is 0 Å². The predicted octanol–water partition coefficient (Wildman–Crippen LogP) is 1.88. The summed E-state index contributed by atoms with van der Waals surface area (Å²) in [7, 11) is 0. The van der Waals surface area contributed by atoms with Crippen molar-refractivity contribution >= 4 is 17.6 Å². The lowest BCUT2D eigenvalue weighted by Gasteiger charge is -2.27. The molecule has 88 valence electrons. The molecule has 2 rings (SSSR count). The molecule has 16 heavy (non-hydrogen) atoms. The van der Waals surface area contributed by atoms with Crippen molar-refractivity contribution in [1.82, 2.24) is 9.97 Å². The van der Waals surface area contributed by atoms with E-state index in [0.717, 1.165) is 36.7 Å². The summed E-state index contributed by atoms with van der Waals surface area (Å²) in [5.41, 5.74) is 5.88. The van der Waals surface area contributed by atoms with Crippen molar-refractivity contribution in [3.05, 3.63) is 12.3 Å². The molecule has 3 N–H and O–H groups in total. The fourth-order valence-electron chi connectivity index (χ4n) is 1.99. The van der Waals surface area contributed by atoms with E-state index < -0.39 is 0 Å². The van der Waals surface area contributed by atoms with Crippen molar-refractivity contribution in [3.8, 4) is 0 Å². The third-order valence-electron chi connectivity index (χ3n) is 2.94. The standard InChI is InChI=1S/C11H18N4S/c1-16-11-13-7-6-10(15-11)14-9-4-2-8(12)3-5-9/h6-9H,2-5,12H2,1H3,(H,13,14,15). The Morgan fingerprint density at radius 3 is 2.81 bits per heavy atom. The second-order valence-electron chi connectivity index (χ2n) is 4.18. The maximum Gasteiger partial charge on any atom is 0.189 e. The number of nitrogens with two attached hydrogens (primary N) is 1. The summed E-state index contributed by atoms with van der Waals surface area (Å²) in [6.07, 6.45) is 8.28. The molecular formula is C11H18N4S. The van der Waals surface area contributed by atoms with E-state index in [9.17, 15) is 0 Å². The quantitative estimate of drug-likeness (QED) is 0.622. The molecule has 4 nitrogen and oxygen atoms in total. The van der Waals surface area contributed by atoms with Gasteiger partial charge in [-0.1, -0.05) is 11.8 Å². The third-order valence-corrected chi connectivity index (χ3v) is 3.50. The number of hydrogen-bond acceptors (Lipinski definition) is 5. The normalized spacial score (nSPS) is 25.4. The van der Waals surface area contributed by atoms with Gasteiger partial charge in [-0.2, -0.15) is 0 Å². The van der Waals surface area contributed by atoms with E-state index in [0.29, 0.717) is 12.1 Å². The summed E-state index contributed by atoms with van der Waals surface area (Å²) in [5, 5.41) is 4.27. The lowest BCUT2D eigenvalue weighted by molar-refractivity contribution is 0.410. The first-order valence-corrected chi connectivity index (χ1v) is 6.89. The first kappa shape index (κ1) is 11.7. The van der Waals surface area contributed by atoms with Crippen LogP contribution >= 0.6 is 11.8 Å². The fraction of sp³-hybridized carbons (Fsp3) is 0.636. The highest BCUT2D eigenvalue weighted by Gasteiger charge is 2.18. The van der Waals surface area contributed by atoms with Gasteiger partial charge in [-0.3, -0.25) is 0 Å². The van der Waals surface area contributed by atoms with Crippen molar-refractivity contribution < 1.29 is 0 Å². The van der Waals surface area contributed by atoms with Crippen LogP contribution in [0.5, 0.6) is 0 Å². The Labute approximate surface area is 100 Å². The molecule has 0 spiro atoms. The Balaban J connectivity index is 1.93. The van der Waals surface area contributed by atoms with Gasteiger partial charge in [0, 0.05) is 18.3 Å². The Morgan fingerprint density at radius 2 is 2.12 bits per heavy atom. The molecule has 1 aromatic rings. The summed E-state index contributed by atoms with van der Waals surface area (Å²) >= 11 is 1.56. The van der Waals surface area contributed by atoms with Crippen LogP contribution in [0.15, 0.2) is 17.4 Å². The molecule has 1 aliphatic rings. The zero-order valence-electron chi connectivity index (χ0n) is 9.52. The van der Waals surface area contributed by atoms with Crippen LogP contribution in [-0.4, -0.2) is 28.3 Å². The fourth-order valence-corrected chi connectivity index (χ4v) is 2.35. The first-order valence-electron chi connectivity index (χ1n) is 5.67. The molecule has 0 aromatic carbocycles. The van der Waals surface area contributed by atoms with E-state index in [2.05, 4.69) is 15.3 Å². The topological polar surface area (TPSA) is 63.8 Å². The predicted molar refractivity (Wildman–Crippen MR) is 67.7 cm³/mol. The van der Waals surface area contributed by atoms with Gasteiger partial charge in [0.15, 0.2) is 5.16 Å². The van der Waals surface area contributed by atoms with Crippen LogP contribution in [0.1, 0.15) is 25.7 Å². The Hall–Kier alpha value is -0.810. The maximum atomic E-state index is 5.88. The number of nitrogens with one attached hydrogen (secondary N) is 1. The van der Waals surface area contributed by atoms with E-state index in [-0.39, 0.29) is 0 Å². The lowest BCUT2D eigenvalue weighted by Crippen LogP contribution is -2.33. The molecule has 0 aliphatic heterocycles. The number of hydrogen-bond donors (Lipinski definition) is 2. The van der Waals surface area contributed by atoms with Gasteiger partial charge in [0.25, 0.3) is 0 Å². The maximum absolute atomic E-state index is 5.88. The number of nitrogens with zero attached hydrogens (tertiary/aromatic N) is 2. The van der Waals surface area contributed by atoms with Crippen molar-refractivity contribution in [1.29, 1.82) is 0 Å². The summed E-state index contributed by atoms with van der Waals surface area (Å²) in [4.78, 5) is 8.57. The van der Waals surface area contributed by atoms with Crippen LogP contribution in [0.4, 0.5) is 5.82 Å². The molecular weight excluding hydrogens is 220 g/mol. The molecule has 1 fully saturated rings. The minimum absolute atomic E-state index is 0.394. The molecule has 0 bridgehead atoms.